The molecule has 3 aromatic rings. The first-order valence-corrected chi connectivity index (χ1v) is 8.57. The molecule has 144 valence electrons. The number of aromatic nitrogens is 2. The molecule has 3 rings (SSSR count). The van der Waals surface area contributed by atoms with E-state index in [1.165, 1.54) is 24.3 Å². The number of methoxy groups -OCH3 is 1. The molecule has 0 saturated carbocycles. The molecular formula is C20H18FN3O4. The number of hydrogen-bond acceptors (Lipinski definition) is 6. The number of nitrogens with one attached hydrogen (secondary N) is 1. The van der Waals surface area contributed by atoms with Crippen LogP contribution in [0.15, 0.2) is 52.9 Å². The zero-order valence-electron chi connectivity index (χ0n) is 15.1. The molecule has 7 nitrogen and oxygen atoms in total. The molecular weight excluding hydrogens is 365 g/mol. The van der Waals surface area contributed by atoms with E-state index in [9.17, 15) is 14.0 Å². The Balaban J connectivity index is 1.49. The summed E-state index contributed by atoms with van der Waals surface area (Å²) in [5.41, 5.74) is 1.07. The fourth-order valence-electron chi connectivity index (χ4n) is 2.47. The molecule has 0 aliphatic rings. The van der Waals surface area contributed by atoms with Crippen molar-refractivity contribution in [2.45, 2.75) is 19.4 Å². The number of rotatable bonds is 8. The standard InChI is InChI=1S/C20H18FN3O4/c1-27-16-4-2-3-14(11-16)20-24-23-19(28-20)12-22-18(26)10-9-17(25)13-5-7-15(21)8-6-13/h2-8,11H,9-10,12H2,1H3,(H,22,26). The first-order valence-electron chi connectivity index (χ1n) is 8.57. The van der Waals surface area contributed by atoms with E-state index in [0.29, 0.717) is 22.8 Å². The van der Waals surface area contributed by atoms with Gasteiger partial charge in [-0.2, -0.15) is 0 Å². The second-order valence-corrected chi connectivity index (χ2v) is 5.94. The van der Waals surface area contributed by atoms with Crippen LogP contribution >= 0.6 is 0 Å². The van der Waals surface area contributed by atoms with Gasteiger partial charge in [0.1, 0.15) is 11.6 Å². The molecule has 1 N–H and O–H groups in total. The van der Waals surface area contributed by atoms with Crippen LogP contribution in [0.4, 0.5) is 4.39 Å². The van der Waals surface area contributed by atoms with E-state index in [2.05, 4.69) is 15.5 Å². The van der Waals surface area contributed by atoms with Crippen LogP contribution in [0.5, 0.6) is 5.75 Å². The molecule has 0 atom stereocenters. The number of ketones is 1. The molecule has 1 heterocycles. The number of ether oxygens (including phenoxy) is 1. The van der Waals surface area contributed by atoms with Crippen molar-refractivity contribution in [3.05, 3.63) is 65.8 Å². The van der Waals surface area contributed by atoms with Crippen LogP contribution in [0.25, 0.3) is 11.5 Å². The average molecular weight is 383 g/mol. The third-order valence-corrected chi connectivity index (χ3v) is 3.97. The molecule has 0 bridgehead atoms. The molecule has 0 saturated heterocycles. The highest BCUT2D eigenvalue weighted by molar-refractivity contribution is 5.97. The van der Waals surface area contributed by atoms with Crippen LogP contribution in [-0.4, -0.2) is 29.0 Å². The van der Waals surface area contributed by atoms with Gasteiger partial charge in [-0.15, -0.1) is 10.2 Å². The number of amides is 1. The lowest BCUT2D eigenvalue weighted by Gasteiger charge is -2.03. The molecule has 28 heavy (non-hydrogen) atoms. The maximum absolute atomic E-state index is 12.9. The zero-order chi connectivity index (χ0) is 19.9. The quantitative estimate of drug-likeness (QED) is 0.601. The number of carbonyl (C=O) groups is 2. The summed E-state index contributed by atoms with van der Waals surface area (Å²) in [5, 5.41) is 10.5. The third-order valence-electron chi connectivity index (χ3n) is 3.97. The first kappa shape index (κ1) is 19.2. The number of carbonyl (C=O) groups excluding carboxylic acids is 2. The van der Waals surface area contributed by atoms with E-state index >= 15 is 0 Å². The van der Waals surface area contributed by atoms with Crippen molar-refractivity contribution in [3.8, 4) is 17.2 Å². The molecule has 0 radical (unpaired) electrons. The highest BCUT2D eigenvalue weighted by atomic mass is 19.1. The minimum absolute atomic E-state index is 0.00703. The van der Waals surface area contributed by atoms with Crippen molar-refractivity contribution in [1.29, 1.82) is 0 Å². The molecule has 2 aromatic carbocycles. The van der Waals surface area contributed by atoms with Gasteiger partial charge in [0, 0.05) is 24.0 Å². The number of Topliss-reactive ketones (excluding diaryl/α,β-unsaturated/α-hetero) is 1. The van der Waals surface area contributed by atoms with Crippen molar-refractivity contribution in [2.24, 2.45) is 0 Å². The lowest BCUT2D eigenvalue weighted by Crippen LogP contribution is -2.23. The predicted molar refractivity (Wildman–Crippen MR) is 98.1 cm³/mol. The Morgan fingerprint density at radius 3 is 2.64 bits per heavy atom. The summed E-state index contributed by atoms with van der Waals surface area (Å²) in [4.78, 5) is 23.9. The van der Waals surface area contributed by atoms with E-state index < -0.39 is 5.82 Å². The summed E-state index contributed by atoms with van der Waals surface area (Å²) >= 11 is 0. The van der Waals surface area contributed by atoms with Crippen LogP contribution in [0, 0.1) is 5.82 Å². The summed E-state index contributed by atoms with van der Waals surface area (Å²) in [6.07, 6.45) is 0.0312. The lowest BCUT2D eigenvalue weighted by atomic mass is 10.1. The fourth-order valence-corrected chi connectivity index (χ4v) is 2.47. The molecule has 1 amide bonds. The van der Waals surface area contributed by atoms with Gasteiger partial charge in [-0.25, -0.2) is 4.39 Å². The summed E-state index contributed by atoms with van der Waals surface area (Å²) in [7, 11) is 1.56. The van der Waals surface area contributed by atoms with Gasteiger partial charge in [0.2, 0.25) is 17.7 Å². The molecule has 0 fully saturated rings. The minimum atomic E-state index is -0.415. The molecule has 8 heteroatoms. The molecule has 1 aromatic heterocycles. The highest BCUT2D eigenvalue weighted by Gasteiger charge is 2.12. The summed E-state index contributed by atoms with van der Waals surface area (Å²) < 4.78 is 23.6. The Bertz CT molecular complexity index is 970. The van der Waals surface area contributed by atoms with Crippen LogP contribution in [-0.2, 0) is 11.3 Å². The van der Waals surface area contributed by atoms with Gasteiger partial charge in [0.15, 0.2) is 5.78 Å². The largest absolute Gasteiger partial charge is 0.497 e. The summed E-state index contributed by atoms with van der Waals surface area (Å²) in [5.74, 6) is 0.258. The van der Waals surface area contributed by atoms with Crippen molar-refractivity contribution in [2.75, 3.05) is 7.11 Å². The van der Waals surface area contributed by atoms with E-state index in [1.807, 2.05) is 0 Å². The Morgan fingerprint density at radius 2 is 1.89 bits per heavy atom. The number of benzene rings is 2. The van der Waals surface area contributed by atoms with Crippen molar-refractivity contribution in [3.63, 3.8) is 0 Å². The Hall–Kier alpha value is -3.55. The van der Waals surface area contributed by atoms with Crippen LogP contribution < -0.4 is 10.1 Å². The monoisotopic (exact) mass is 383 g/mol. The molecule has 0 aliphatic heterocycles. The topological polar surface area (TPSA) is 94.3 Å². The van der Waals surface area contributed by atoms with E-state index in [-0.39, 0.29) is 37.0 Å². The number of hydrogen-bond donors (Lipinski definition) is 1. The maximum atomic E-state index is 12.9. The average Bonchev–Trinajstić information content (AvgIpc) is 3.20. The number of halogens is 1. The highest BCUT2D eigenvalue weighted by Crippen LogP contribution is 2.22. The summed E-state index contributed by atoms with van der Waals surface area (Å²) in [6.45, 7) is 0.0561. The van der Waals surface area contributed by atoms with E-state index in [0.717, 1.165) is 0 Å². The Kier molecular flexibility index (Phi) is 6.11. The van der Waals surface area contributed by atoms with Gasteiger partial charge in [-0.1, -0.05) is 6.07 Å². The predicted octanol–water partition coefficient (Wildman–Crippen LogP) is 3.16. The Morgan fingerprint density at radius 1 is 1.11 bits per heavy atom. The minimum Gasteiger partial charge on any atom is -0.497 e. The third kappa shape index (κ3) is 5.00. The molecule has 0 unspecified atom stereocenters. The molecule has 0 aliphatic carbocycles. The summed E-state index contributed by atoms with van der Waals surface area (Å²) in [6, 6.07) is 12.4. The van der Waals surface area contributed by atoms with Gasteiger partial charge in [0.05, 0.1) is 13.7 Å². The van der Waals surface area contributed by atoms with Crippen LogP contribution in [0.3, 0.4) is 0 Å². The van der Waals surface area contributed by atoms with E-state index in [4.69, 9.17) is 9.15 Å². The van der Waals surface area contributed by atoms with E-state index in [1.54, 1.807) is 31.4 Å². The molecule has 0 spiro atoms. The van der Waals surface area contributed by atoms with Crippen molar-refractivity contribution < 1.29 is 23.1 Å². The lowest BCUT2D eigenvalue weighted by molar-refractivity contribution is -0.121. The number of nitrogens with zero attached hydrogens (tertiary/aromatic N) is 2. The fraction of sp³-hybridized carbons (Fsp3) is 0.200. The second-order valence-electron chi connectivity index (χ2n) is 5.94. The van der Waals surface area contributed by atoms with Crippen LogP contribution in [0.2, 0.25) is 0 Å². The van der Waals surface area contributed by atoms with Gasteiger partial charge in [-0.05, 0) is 42.5 Å². The SMILES string of the molecule is COc1cccc(-c2nnc(CNC(=O)CCC(=O)c3ccc(F)cc3)o2)c1. The van der Waals surface area contributed by atoms with Crippen LogP contribution in [0.1, 0.15) is 29.1 Å². The van der Waals surface area contributed by atoms with Gasteiger partial charge in [0.25, 0.3) is 0 Å². The normalized spacial score (nSPS) is 10.5. The second kappa shape index (κ2) is 8.90. The Labute approximate surface area is 160 Å². The first-order chi connectivity index (χ1) is 13.5. The zero-order valence-corrected chi connectivity index (χ0v) is 15.1. The van der Waals surface area contributed by atoms with Crippen molar-refractivity contribution in [1.82, 2.24) is 15.5 Å². The smallest absolute Gasteiger partial charge is 0.247 e. The van der Waals surface area contributed by atoms with Gasteiger partial charge in [-0.3, -0.25) is 9.59 Å². The maximum Gasteiger partial charge on any atom is 0.247 e. The van der Waals surface area contributed by atoms with Crippen molar-refractivity contribution >= 4 is 11.7 Å². The van der Waals surface area contributed by atoms with Gasteiger partial charge >= 0.3 is 0 Å². The van der Waals surface area contributed by atoms with Gasteiger partial charge < -0.3 is 14.5 Å².